The molecule has 2 rings (SSSR count). The highest BCUT2D eigenvalue weighted by molar-refractivity contribution is 5.32. The Morgan fingerprint density at radius 1 is 1.28 bits per heavy atom. The lowest BCUT2D eigenvalue weighted by Crippen LogP contribution is -2.24. The Hall–Kier alpha value is -1.15. The fourth-order valence-electron chi connectivity index (χ4n) is 2.72. The smallest absolute Gasteiger partial charge is 0.123 e. The molecule has 1 N–H and O–H groups in total. The quantitative estimate of drug-likeness (QED) is 0.783. The maximum atomic E-state index is 13.5. The number of benzene rings is 1. The molecule has 0 fully saturated rings. The second kappa shape index (κ2) is 6.14. The van der Waals surface area contributed by atoms with Gasteiger partial charge in [-0.2, -0.15) is 0 Å². The van der Waals surface area contributed by atoms with Crippen LogP contribution in [-0.2, 0) is 0 Å². The van der Waals surface area contributed by atoms with Gasteiger partial charge in [-0.15, -0.1) is 0 Å². The lowest BCUT2D eigenvalue weighted by molar-refractivity contribution is 0.557. The summed E-state index contributed by atoms with van der Waals surface area (Å²) in [6.45, 7) is 4.95. The van der Waals surface area contributed by atoms with E-state index in [1.165, 1.54) is 18.4 Å². The molecule has 2 heteroatoms. The summed E-state index contributed by atoms with van der Waals surface area (Å²) >= 11 is 0. The Morgan fingerprint density at radius 3 is 2.72 bits per heavy atom. The maximum Gasteiger partial charge on any atom is 0.123 e. The number of hydrogen-bond acceptors (Lipinski definition) is 1. The molecule has 1 atom stereocenters. The van der Waals surface area contributed by atoms with Crippen molar-refractivity contribution in [3.63, 3.8) is 0 Å². The number of halogens is 1. The van der Waals surface area contributed by atoms with Gasteiger partial charge < -0.3 is 5.32 Å². The van der Waals surface area contributed by atoms with Gasteiger partial charge in [0.25, 0.3) is 0 Å². The Morgan fingerprint density at radius 2 is 2.11 bits per heavy atom. The lowest BCUT2D eigenvalue weighted by Gasteiger charge is -2.25. The van der Waals surface area contributed by atoms with Crippen LogP contribution in [0.25, 0.3) is 0 Å². The molecule has 0 bridgehead atoms. The van der Waals surface area contributed by atoms with Gasteiger partial charge in [-0.05, 0) is 62.4 Å². The Bertz CT molecular complexity index is 416. The summed E-state index contributed by atoms with van der Waals surface area (Å²) in [5.41, 5.74) is 3.47. The van der Waals surface area contributed by atoms with Crippen molar-refractivity contribution in [1.82, 2.24) is 5.32 Å². The average molecular weight is 247 g/mol. The van der Waals surface area contributed by atoms with E-state index in [0.717, 1.165) is 30.5 Å². The first kappa shape index (κ1) is 13.3. The molecule has 0 aromatic heterocycles. The van der Waals surface area contributed by atoms with Crippen LogP contribution in [0.4, 0.5) is 4.39 Å². The summed E-state index contributed by atoms with van der Waals surface area (Å²) in [5, 5.41) is 3.49. The number of hydrogen-bond donors (Lipinski definition) is 1. The molecule has 1 aromatic rings. The first-order valence-corrected chi connectivity index (χ1v) is 6.90. The first-order chi connectivity index (χ1) is 8.70. The molecule has 1 unspecified atom stereocenters. The van der Waals surface area contributed by atoms with Gasteiger partial charge in [0.15, 0.2) is 0 Å². The van der Waals surface area contributed by atoms with Gasteiger partial charge >= 0.3 is 0 Å². The molecular formula is C16H22FN. The van der Waals surface area contributed by atoms with Gasteiger partial charge in [-0.25, -0.2) is 4.39 Å². The molecule has 0 saturated heterocycles. The van der Waals surface area contributed by atoms with Crippen LogP contribution in [0.15, 0.2) is 29.8 Å². The number of rotatable bonds is 4. The van der Waals surface area contributed by atoms with E-state index in [4.69, 9.17) is 0 Å². The van der Waals surface area contributed by atoms with E-state index in [2.05, 4.69) is 24.4 Å². The topological polar surface area (TPSA) is 12.0 Å². The molecule has 0 saturated carbocycles. The molecular weight excluding hydrogens is 225 g/mol. The molecule has 0 spiro atoms. The number of nitrogens with one attached hydrogen (secondary N) is 1. The van der Waals surface area contributed by atoms with Crippen molar-refractivity contribution in [1.29, 1.82) is 0 Å². The van der Waals surface area contributed by atoms with Crippen molar-refractivity contribution in [2.24, 2.45) is 0 Å². The van der Waals surface area contributed by atoms with Crippen molar-refractivity contribution in [2.75, 3.05) is 6.54 Å². The first-order valence-electron chi connectivity index (χ1n) is 6.90. The molecule has 0 heterocycles. The Labute approximate surface area is 109 Å². The van der Waals surface area contributed by atoms with Crippen molar-refractivity contribution in [2.45, 2.75) is 45.6 Å². The maximum absolute atomic E-state index is 13.5. The van der Waals surface area contributed by atoms with E-state index in [-0.39, 0.29) is 11.9 Å². The second-order valence-electron chi connectivity index (χ2n) is 5.08. The highest BCUT2D eigenvalue weighted by Crippen LogP contribution is 2.30. The van der Waals surface area contributed by atoms with Gasteiger partial charge in [-0.3, -0.25) is 0 Å². The molecule has 0 radical (unpaired) electrons. The number of allylic oxidation sites excluding steroid dienone is 1. The van der Waals surface area contributed by atoms with Crippen molar-refractivity contribution in [3.8, 4) is 0 Å². The van der Waals surface area contributed by atoms with Crippen LogP contribution in [0.5, 0.6) is 0 Å². The summed E-state index contributed by atoms with van der Waals surface area (Å²) in [6.07, 6.45) is 7.16. The van der Waals surface area contributed by atoms with Crippen molar-refractivity contribution >= 4 is 0 Å². The van der Waals surface area contributed by atoms with E-state index in [1.807, 2.05) is 6.92 Å². The van der Waals surface area contributed by atoms with E-state index >= 15 is 0 Å². The highest BCUT2D eigenvalue weighted by Gasteiger charge is 2.18. The summed E-state index contributed by atoms with van der Waals surface area (Å²) in [4.78, 5) is 0. The lowest BCUT2D eigenvalue weighted by atomic mass is 9.89. The SMILES string of the molecule is CCNC(C1=CCCCC1)c1cc(C)cc(F)c1. The Kier molecular flexibility index (Phi) is 4.54. The van der Waals surface area contributed by atoms with E-state index < -0.39 is 0 Å². The largest absolute Gasteiger partial charge is 0.307 e. The minimum Gasteiger partial charge on any atom is -0.307 e. The third-order valence-electron chi connectivity index (χ3n) is 3.50. The molecule has 1 nitrogen and oxygen atoms in total. The number of aryl methyl sites for hydroxylation is 1. The molecule has 0 aliphatic heterocycles. The van der Waals surface area contributed by atoms with Crippen LogP contribution in [0.2, 0.25) is 0 Å². The minimum absolute atomic E-state index is 0.135. The Balaban J connectivity index is 2.31. The third-order valence-corrected chi connectivity index (χ3v) is 3.50. The summed E-state index contributed by atoms with van der Waals surface area (Å²) in [5.74, 6) is -0.135. The minimum atomic E-state index is -0.135. The molecule has 0 amide bonds. The second-order valence-corrected chi connectivity index (χ2v) is 5.08. The van der Waals surface area contributed by atoms with E-state index in [9.17, 15) is 4.39 Å². The van der Waals surface area contributed by atoms with Crippen molar-refractivity contribution < 1.29 is 4.39 Å². The monoisotopic (exact) mass is 247 g/mol. The normalized spacial score (nSPS) is 17.4. The van der Waals surface area contributed by atoms with Gasteiger partial charge in [0, 0.05) is 0 Å². The standard InChI is InChI=1S/C16H22FN/c1-3-18-16(13-7-5-4-6-8-13)14-9-12(2)10-15(17)11-14/h7,9-11,16,18H,3-6,8H2,1-2H3. The molecule has 98 valence electrons. The third kappa shape index (κ3) is 3.20. The predicted octanol–water partition coefficient (Wildman–Crippen LogP) is 4.29. The molecule has 1 aliphatic carbocycles. The zero-order chi connectivity index (χ0) is 13.0. The van der Waals surface area contributed by atoms with Crippen LogP contribution < -0.4 is 5.32 Å². The van der Waals surface area contributed by atoms with E-state index in [1.54, 1.807) is 12.1 Å². The van der Waals surface area contributed by atoms with Gasteiger partial charge in [0.2, 0.25) is 0 Å². The highest BCUT2D eigenvalue weighted by atomic mass is 19.1. The van der Waals surface area contributed by atoms with Crippen LogP contribution in [-0.4, -0.2) is 6.54 Å². The summed E-state index contributed by atoms with van der Waals surface area (Å²) in [7, 11) is 0. The molecule has 1 aromatic carbocycles. The molecule has 18 heavy (non-hydrogen) atoms. The van der Waals surface area contributed by atoms with Gasteiger partial charge in [-0.1, -0.05) is 24.6 Å². The fourth-order valence-corrected chi connectivity index (χ4v) is 2.72. The summed E-state index contributed by atoms with van der Waals surface area (Å²) < 4.78 is 13.5. The van der Waals surface area contributed by atoms with Crippen LogP contribution >= 0.6 is 0 Å². The van der Waals surface area contributed by atoms with Crippen LogP contribution in [0.3, 0.4) is 0 Å². The van der Waals surface area contributed by atoms with Gasteiger partial charge in [0.05, 0.1) is 6.04 Å². The zero-order valence-corrected chi connectivity index (χ0v) is 11.3. The predicted molar refractivity (Wildman–Crippen MR) is 74.1 cm³/mol. The summed E-state index contributed by atoms with van der Waals surface area (Å²) in [6, 6.07) is 5.52. The number of likely N-dealkylation sites (N-methyl/N-ethyl adjacent to an activating group) is 1. The molecule has 1 aliphatic rings. The van der Waals surface area contributed by atoms with Crippen LogP contribution in [0, 0.1) is 12.7 Å². The fraction of sp³-hybridized carbons (Fsp3) is 0.500. The van der Waals surface area contributed by atoms with Crippen LogP contribution in [0.1, 0.15) is 49.8 Å². The zero-order valence-electron chi connectivity index (χ0n) is 11.3. The average Bonchev–Trinajstić information content (AvgIpc) is 2.36. The van der Waals surface area contributed by atoms with Gasteiger partial charge in [0.1, 0.15) is 5.82 Å². The van der Waals surface area contributed by atoms with E-state index in [0.29, 0.717) is 0 Å². The van der Waals surface area contributed by atoms with Crippen molar-refractivity contribution in [3.05, 3.63) is 46.8 Å².